The van der Waals surface area contributed by atoms with E-state index < -0.39 is 11.7 Å². The lowest BCUT2D eigenvalue weighted by Gasteiger charge is -2.20. The van der Waals surface area contributed by atoms with Crippen molar-refractivity contribution in [2.24, 2.45) is 0 Å². The van der Waals surface area contributed by atoms with E-state index in [4.69, 9.17) is 10.5 Å². The van der Waals surface area contributed by atoms with Crippen molar-refractivity contribution in [3.63, 3.8) is 0 Å². The van der Waals surface area contributed by atoms with Crippen molar-refractivity contribution in [2.45, 2.75) is 26.4 Å². The maximum Gasteiger partial charge on any atom is 0.412 e. The van der Waals surface area contributed by atoms with Gasteiger partial charge in [0.1, 0.15) is 5.60 Å². The second-order valence-electron chi connectivity index (χ2n) is 5.24. The van der Waals surface area contributed by atoms with Gasteiger partial charge in [0.2, 0.25) is 0 Å². The van der Waals surface area contributed by atoms with Crippen LogP contribution in [0.1, 0.15) is 20.8 Å². The third kappa shape index (κ3) is 7.57. The number of nitrogens with two attached hydrogens (primary N) is 1. The normalized spacial score (nSPS) is 10.0. The highest BCUT2D eigenvalue weighted by atomic mass is 16.6. The van der Waals surface area contributed by atoms with Crippen molar-refractivity contribution in [3.05, 3.63) is 54.9 Å². The number of aromatic nitrogens is 1. The number of hydrogen-bond acceptors (Lipinski definition) is 4. The summed E-state index contributed by atoms with van der Waals surface area (Å²) >= 11 is 0. The zero-order chi connectivity index (χ0) is 15.7. The highest BCUT2D eigenvalue weighted by Crippen LogP contribution is 2.18. The lowest BCUT2D eigenvalue weighted by atomic mass is 10.2. The Morgan fingerprint density at radius 2 is 1.71 bits per heavy atom. The minimum atomic E-state index is -0.506. The monoisotopic (exact) mass is 287 g/mol. The Hall–Kier alpha value is -2.56. The van der Waals surface area contributed by atoms with Gasteiger partial charge in [-0.05, 0) is 45.0 Å². The summed E-state index contributed by atoms with van der Waals surface area (Å²) in [4.78, 5) is 15.2. The van der Waals surface area contributed by atoms with Crippen LogP contribution in [0.25, 0.3) is 0 Å². The van der Waals surface area contributed by atoms with Crippen molar-refractivity contribution in [1.82, 2.24) is 4.98 Å². The molecule has 0 aliphatic carbocycles. The average Bonchev–Trinajstić information content (AvgIpc) is 2.42. The Bertz CT molecular complexity index is 524. The quantitative estimate of drug-likeness (QED) is 0.784. The van der Waals surface area contributed by atoms with Crippen LogP contribution in [-0.2, 0) is 4.74 Å². The summed E-state index contributed by atoms with van der Waals surface area (Å²) in [5.74, 6) is 0. The van der Waals surface area contributed by atoms with E-state index in [2.05, 4.69) is 10.3 Å². The third-order valence-electron chi connectivity index (χ3n) is 2.16. The molecule has 1 aromatic carbocycles. The second kappa shape index (κ2) is 7.89. The third-order valence-corrected chi connectivity index (χ3v) is 2.16. The number of benzene rings is 1. The molecule has 2 aromatic rings. The molecule has 0 saturated carbocycles. The van der Waals surface area contributed by atoms with Gasteiger partial charge in [0.15, 0.2) is 0 Å². The number of pyridine rings is 1. The number of rotatable bonds is 1. The van der Waals surface area contributed by atoms with E-state index in [-0.39, 0.29) is 0 Å². The number of ether oxygens (including phenoxy) is 1. The Morgan fingerprint density at radius 1 is 1.10 bits per heavy atom. The molecule has 0 radical (unpaired) electrons. The van der Waals surface area contributed by atoms with Crippen LogP contribution >= 0.6 is 0 Å². The number of carbonyl (C=O) groups is 1. The van der Waals surface area contributed by atoms with Crippen LogP contribution in [0.2, 0.25) is 0 Å². The summed E-state index contributed by atoms with van der Waals surface area (Å²) < 4.78 is 5.09. The van der Waals surface area contributed by atoms with Crippen LogP contribution < -0.4 is 11.1 Å². The van der Waals surface area contributed by atoms with Crippen molar-refractivity contribution in [3.8, 4) is 0 Å². The molecule has 0 fully saturated rings. The minimum absolute atomic E-state index is 0.500. The van der Waals surface area contributed by atoms with Gasteiger partial charge < -0.3 is 10.5 Å². The summed E-state index contributed by atoms with van der Waals surface area (Å²) in [6, 6.07) is 12.7. The molecule has 3 N–H and O–H groups in total. The molecule has 0 aliphatic rings. The molecule has 0 atom stereocenters. The minimum Gasteiger partial charge on any atom is -0.444 e. The number of carbonyl (C=O) groups excluding carboxylic acids is 1. The molecule has 2 rings (SSSR count). The Balaban J connectivity index is 0.000000304. The highest BCUT2D eigenvalue weighted by Gasteiger charge is 2.16. The molecule has 5 nitrogen and oxygen atoms in total. The van der Waals surface area contributed by atoms with Crippen LogP contribution in [0, 0.1) is 0 Å². The van der Waals surface area contributed by atoms with E-state index in [0.717, 1.165) is 0 Å². The Labute approximate surface area is 125 Å². The molecule has 5 heteroatoms. The molecule has 112 valence electrons. The summed E-state index contributed by atoms with van der Waals surface area (Å²) in [5, 5.41) is 2.58. The largest absolute Gasteiger partial charge is 0.444 e. The molecule has 0 bridgehead atoms. The van der Waals surface area contributed by atoms with Gasteiger partial charge in [0.05, 0.1) is 11.4 Å². The molecule has 1 aromatic heterocycles. The fraction of sp³-hybridized carbons (Fsp3) is 0.250. The average molecular weight is 287 g/mol. The van der Waals surface area contributed by atoms with Crippen LogP contribution in [0.5, 0.6) is 0 Å². The predicted molar refractivity (Wildman–Crippen MR) is 84.9 cm³/mol. The van der Waals surface area contributed by atoms with Gasteiger partial charge >= 0.3 is 6.09 Å². The summed E-state index contributed by atoms with van der Waals surface area (Å²) in [6.45, 7) is 5.42. The molecular weight excluding hydrogens is 266 g/mol. The van der Waals surface area contributed by atoms with Crippen LogP contribution in [0.4, 0.5) is 16.2 Å². The van der Waals surface area contributed by atoms with Gasteiger partial charge in [-0.25, -0.2) is 4.79 Å². The van der Waals surface area contributed by atoms with Gasteiger partial charge in [-0.1, -0.05) is 18.2 Å². The predicted octanol–water partition coefficient (Wildman–Crippen LogP) is 3.70. The number of nitrogens with zero attached hydrogens (tertiary/aromatic N) is 1. The van der Waals surface area contributed by atoms with Crippen LogP contribution in [0.3, 0.4) is 0 Å². The first-order chi connectivity index (χ1) is 9.88. The second-order valence-corrected chi connectivity index (χ2v) is 5.24. The first-order valence-electron chi connectivity index (χ1n) is 6.58. The van der Waals surface area contributed by atoms with Gasteiger partial charge in [0, 0.05) is 12.4 Å². The van der Waals surface area contributed by atoms with Crippen LogP contribution in [-0.4, -0.2) is 16.7 Å². The number of nitrogen functional groups attached to an aromatic ring is 1. The fourth-order valence-electron chi connectivity index (χ4n) is 1.34. The van der Waals surface area contributed by atoms with Crippen molar-refractivity contribution in [1.29, 1.82) is 0 Å². The zero-order valence-corrected chi connectivity index (χ0v) is 12.5. The van der Waals surface area contributed by atoms with E-state index in [9.17, 15) is 4.79 Å². The standard InChI is InChI=1S/C11H16N2O2.C5H5N/c1-11(2,3)15-10(14)13-9-7-5-4-6-8(9)12;1-2-4-6-5-3-1/h4-7H,12H2,1-3H3,(H,13,14);1-5H. The fourth-order valence-corrected chi connectivity index (χ4v) is 1.34. The molecule has 1 heterocycles. The van der Waals surface area contributed by atoms with Gasteiger partial charge in [0.25, 0.3) is 0 Å². The van der Waals surface area contributed by atoms with Crippen molar-refractivity contribution < 1.29 is 9.53 Å². The first kappa shape index (κ1) is 16.5. The Kier molecular flexibility index (Phi) is 6.20. The summed E-state index contributed by atoms with van der Waals surface area (Å²) in [5.41, 5.74) is 6.23. The van der Waals surface area contributed by atoms with E-state index >= 15 is 0 Å². The van der Waals surface area contributed by atoms with E-state index in [1.807, 2.05) is 18.2 Å². The van der Waals surface area contributed by atoms with Crippen LogP contribution in [0.15, 0.2) is 54.9 Å². The molecule has 0 saturated heterocycles. The van der Waals surface area contributed by atoms with Gasteiger partial charge in [-0.3, -0.25) is 10.3 Å². The highest BCUT2D eigenvalue weighted by molar-refractivity contribution is 5.88. The molecule has 0 spiro atoms. The maximum atomic E-state index is 11.4. The first-order valence-corrected chi connectivity index (χ1v) is 6.58. The maximum absolute atomic E-state index is 11.4. The van der Waals surface area contributed by atoms with E-state index in [1.165, 1.54) is 0 Å². The van der Waals surface area contributed by atoms with Crippen molar-refractivity contribution in [2.75, 3.05) is 11.1 Å². The number of anilines is 2. The van der Waals surface area contributed by atoms with Crippen molar-refractivity contribution >= 4 is 17.5 Å². The number of nitrogens with one attached hydrogen (secondary N) is 1. The lowest BCUT2D eigenvalue weighted by Crippen LogP contribution is -2.27. The smallest absolute Gasteiger partial charge is 0.412 e. The molecule has 21 heavy (non-hydrogen) atoms. The summed E-state index contributed by atoms with van der Waals surface area (Å²) in [6.07, 6.45) is 3.00. The van der Waals surface area contributed by atoms with E-state index in [0.29, 0.717) is 11.4 Å². The number of amides is 1. The van der Waals surface area contributed by atoms with Gasteiger partial charge in [-0.15, -0.1) is 0 Å². The number of para-hydroxylation sites is 2. The van der Waals surface area contributed by atoms with Gasteiger partial charge in [-0.2, -0.15) is 0 Å². The zero-order valence-electron chi connectivity index (χ0n) is 12.5. The molecule has 0 unspecified atom stereocenters. The lowest BCUT2D eigenvalue weighted by molar-refractivity contribution is 0.0636. The molecular formula is C16H21N3O2. The Morgan fingerprint density at radius 3 is 2.14 bits per heavy atom. The summed E-state index contributed by atoms with van der Waals surface area (Å²) in [7, 11) is 0. The van der Waals surface area contributed by atoms with E-state index in [1.54, 1.807) is 57.4 Å². The SMILES string of the molecule is CC(C)(C)OC(=O)Nc1ccccc1N.c1ccncc1. The topological polar surface area (TPSA) is 77.2 Å². The number of hydrogen-bond donors (Lipinski definition) is 2. The molecule has 0 aliphatic heterocycles. The molecule has 1 amide bonds.